The Kier molecular flexibility index (Phi) is 6.28. The van der Waals surface area contributed by atoms with Crippen molar-refractivity contribution in [2.45, 2.75) is 25.9 Å². The lowest BCUT2D eigenvalue weighted by Gasteiger charge is -2.36. The molecule has 2 saturated heterocycles. The quantitative estimate of drug-likeness (QED) is 0.716. The molecular weight excluding hydrogens is 348 g/mol. The zero-order valence-corrected chi connectivity index (χ0v) is 15.6. The van der Waals surface area contributed by atoms with Crippen molar-refractivity contribution in [1.29, 1.82) is 0 Å². The Labute approximate surface area is 158 Å². The third-order valence-corrected chi connectivity index (χ3v) is 4.82. The Morgan fingerprint density at radius 2 is 1.89 bits per heavy atom. The first-order valence-electron chi connectivity index (χ1n) is 9.35. The van der Waals surface area contributed by atoms with Gasteiger partial charge in [0.15, 0.2) is 0 Å². The Morgan fingerprint density at radius 1 is 1.15 bits per heavy atom. The summed E-state index contributed by atoms with van der Waals surface area (Å²) in [7, 11) is 0. The Morgan fingerprint density at radius 3 is 2.59 bits per heavy atom. The van der Waals surface area contributed by atoms with Crippen LogP contribution in [0.4, 0.5) is 0 Å². The second kappa shape index (κ2) is 8.85. The minimum atomic E-state index is -0.525. The number of amides is 3. The maximum atomic E-state index is 12.6. The van der Waals surface area contributed by atoms with Gasteiger partial charge in [0.1, 0.15) is 5.75 Å². The summed E-state index contributed by atoms with van der Waals surface area (Å²) >= 11 is 0. The van der Waals surface area contributed by atoms with E-state index in [0.717, 1.165) is 11.3 Å². The van der Waals surface area contributed by atoms with E-state index < -0.39 is 6.04 Å². The molecule has 1 aromatic rings. The van der Waals surface area contributed by atoms with E-state index >= 15 is 0 Å². The van der Waals surface area contributed by atoms with E-state index in [9.17, 15) is 14.4 Å². The first-order chi connectivity index (χ1) is 13.1. The van der Waals surface area contributed by atoms with Crippen molar-refractivity contribution >= 4 is 17.7 Å². The number of hydrogen-bond donors (Lipinski definition) is 2. The standard InChI is InChI=1S/C19H26N4O4/c1-2-27-15-5-3-14(4-6-15)12-22-9-8-21-19(26)16(22)11-18(25)23-10-7-20-17(24)13-23/h3-6,16H,2,7-13H2,1H3,(H,20,24)(H,21,26)/t16-/m0/s1. The van der Waals surface area contributed by atoms with E-state index in [-0.39, 0.29) is 30.7 Å². The molecule has 0 bridgehead atoms. The van der Waals surface area contributed by atoms with Crippen molar-refractivity contribution in [3.63, 3.8) is 0 Å². The molecule has 2 aliphatic rings. The van der Waals surface area contributed by atoms with Crippen LogP contribution in [-0.2, 0) is 20.9 Å². The molecule has 8 nitrogen and oxygen atoms in total. The molecule has 3 rings (SSSR count). The van der Waals surface area contributed by atoms with E-state index in [2.05, 4.69) is 10.6 Å². The van der Waals surface area contributed by atoms with Gasteiger partial charge in [0.2, 0.25) is 17.7 Å². The summed E-state index contributed by atoms with van der Waals surface area (Å²) in [4.78, 5) is 40.0. The monoisotopic (exact) mass is 374 g/mol. The number of ether oxygens (including phenoxy) is 1. The van der Waals surface area contributed by atoms with Crippen LogP contribution in [0.15, 0.2) is 24.3 Å². The molecular formula is C19H26N4O4. The summed E-state index contributed by atoms with van der Waals surface area (Å²) in [6.07, 6.45) is 0.0795. The third kappa shape index (κ3) is 4.97. The van der Waals surface area contributed by atoms with Gasteiger partial charge >= 0.3 is 0 Å². The predicted octanol–water partition coefficient (Wildman–Crippen LogP) is -0.266. The molecule has 0 spiro atoms. The number of nitrogens with zero attached hydrogens (tertiary/aromatic N) is 2. The third-order valence-electron chi connectivity index (χ3n) is 4.82. The van der Waals surface area contributed by atoms with Crippen LogP contribution in [0.2, 0.25) is 0 Å². The number of piperazine rings is 2. The van der Waals surface area contributed by atoms with Crippen LogP contribution in [0.5, 0.6) is 5.75 Å². The molecule has 27 heavy (non-hydrogen) atoms. The van der Waals surface area contributed by atoms with Gasteiger partial charge in [-0.25, -0.2) is 0 Å². The molecule has 146 valence electrons. The van der Waals surface area contributed by atoms with Crippen molar-refractivity contribution in [2.75, 3.05) is 39.3 Å². The second-order valence-electron chi connectivity index (χ2n) is 6.72. The number of nitrogens with one attached hydrogen (secondary N) is 2. The van der Waals surface area contributed by atoms with Crippen molar-refractivity contribution in [1.82, 2.24) is 20.4 Å². The molecule has 2 aliphatic heterocycles. The second-order valence-corrected chi connectivity index (χ2v) is 6.72. The summed E-state index contributed by atoms with van der Waals surface area (Å²) in [5, 5.41) is 5.54. The van der Waals surface area contributed by atoms with Gasteiger partial charge in [0.25, 0.3) is 0 Å². The lowest BCUT2D eigenvalue weighted by atomic mass is 10.1. The maximum Gasteiger partial charge on any atom is 0.239 e. The number of rotatable bonds is 6. The fraction of sp³-hybridized carbons (Fsp3) is 0.526. The van der Waals surface area contributed by atoms with Gasteiger partial charge in [-0.3, -0.25) is 19.3 Å². The van der Waals surface area contributed by atoms with Crippen LogP contribution < -0.4 is 15.4 Å². The number of hydrogen-bond acceptors (Lipinski definition) is 5. The van der Waals surface area contributed by atoms with Crippen LogP contribution >= 0.6 is 0 Å². The summed E-state index contributed by atoms with van der Waals surface area (Å²) in [5.74, 6) is 0.354. The Balaban J connectivity index is 1.64. The summed E-state index contributed by atoms with van der Waals surface area (Å²) < 4.78 is 5.46. The normalized spacial score (nSPS) is 20.8. The van der Waals surface area contributed by atoms with Crippen LogP contribution in [0, 0.1) is 0 Å². The van der Waals surface area contributed by atoms with Gasteiger partial charge in [0.05, 0.1) is 25.6 Å². The zero-order valence-electron chi connectivity index (χ0n) is 15.6. The average Bonchev–Trinajstić information content (AvgIpc) is 2.66. The number of benzene rings is 1. The Bertz CT molecular complexity index is 691. The zero-order chi connectivity index (χ0) is 19.2. The first-order valence-corrected chi connectivity index (χ1v) is 9.35. The molecule has 1 atom stereocenters. The molecule has 3 amide bonds. The highest BCUT2D eigenvalue weighted by Gasteiger charge is 2.33. The fourth-order valence-corrected chi connectivity index (χ4v) is 3.41. The van der Waals surface area contributed by atoms with Gasteiger partial charge in [-0.15, -0.1) is 0 Å². The van der Waals surface area contributed by atoms with Crippen LogP contribution in [0.1, 0.15) is 18.9 Å². The highest BCUT2D eigenvalue weighted by atomic mass is 16.5. The topological polar surface area (TPSA) is 91.0 Å². The fourth-order valence-electron chi connectivity index (χ4n) is 3.41. The molecule has 0 aromatic heterocycles. The van der Waals surface area contributed by atoms with Crippen LogP contribution in [-0.4, -0.2) is 72.9 Å². The van der Waals surface area contributed by atoms with Gasteiger partial charge in [-0.05, 0) is 24.6 Å². The van der Waals surface area contributed by atoms with E-state index in [1.54, 1.807) is 0 Å². The minimum absolute atomic E-state index is 0.0616. The van der Waals surface area contributed by atoms with E-state index in [0.29, 0.717) is 39.3 Å². The van der Waals surface area contributed by atoms with E-state index in [1.807, 2.05) is 36.1 Å². The lowest BCUT2D eigenvalue weighted by molar-refractivity contribution is -0.142. The molecule has 1 aromatic carbocycles. The minimum Gasteiger partial charge on any atom is -0.494 e. The SMILES string of the molecule is CCOc1ccc(CN2CCNC(=O)[C@@H]2CC(=O)N2CCNC(=O)C2)cc1. The highest BCUT2D eigenvalue weighted by Crippen LogP contribution is 2.18. The summed E-state index contributed by atoms with van der Waals surface area (Å²) in [6, 6.07) is 7.25. The number of carbonyl (C=O) groups is 3. The average molecular weight is 374 g/mol. The molecule has 2 fully saturated rings. The molecule has 0 aliphatic carbocycles. The lowest BCUT2D eigenvalue weighted by Crippen LogP contribution is -2.57. The first kappa shape index (κ1) is 19.2. The maximum absolute atomic E-state index is 12.6. The van der Waals surface area contributed by atoms with E-state index in [1.165, 1.54) is 4.90 Å². The van der Waals surface area contributed by atoms with Gasteiger partial charge in [-0.2, -0.15) is 0 Å². The smallest absolute Gasteiger partial charge is 0.239 e. The highest BCUT2D eigenvalue weighted by molar-refractivity contribution is 5.91. The van der Waals surface area contributed by atoms with Crippen LogP contribution in [0.3, 0.4) is 0 Å². The Hall–Kier alpha value is -2.61. The molecule has 8 heteroatoms. The van der Waals surface area contributed by atoms with Crippen molar-refractivity contribution < 1.29 is 19.1 Å². The predicted molar refractivity (Wildman–Crippen MR) is 99.0 cm³/mol. The largest absolute Gasteiger partial charge is 0.494 e. The molecule has 0 saturated carbocycles. The van der Waals surface area contributed by atoms with Gasteiger partial charge < -0.3 is 20.3 Å². The summed E-state index contributed by atoms with van der Waals surface area (Å²) in [6.45, 7) is 5.38. The van der Waals surface area contributed by atoms with Gasteiger partial charge in [0, 0.05) is 32.7 Å². The van der Waals surface area contributed by atoms with Crippen molar-refractivity contribution in [3.8, 4) is 5.75 Å². The van der Waals surface area contributed by atoms with E-state index in [4.69, 9.17) is 4.74 Å². The molecule has 0 radical (unpaired) electrons. The van der Waals surface area contributed by atoms with Gasteiger partial charge in [-0.1, -0.05) is 12.1 Å². The van der Waals surface area contributed by atoms with Crippen LogP contribution in [0.25, 0.3) is 0 Å². The van der Waals surface area contributed by atoms with Crippen molar-refractivity contribution in [3.05, 3.63) is 29.8 Å². The molecule has 2 heterocycles. The molecule has 2 N–H and O–H groups in total. The summed E-state index contributed by atoms with van der Waals surface area (Å²) in [5.41, 5.74) is 1.06. The van der Waals surface area contributed by atoms with Crippen molar-refractivity contribution in [2.24, 2.45) is 0 Å². The number of carbonyl (C=O) groups excluding carboxylic acids is 3. The molecule has 0 unspecified atom stereocenters.